The Morgan fingerprint density at radius 2 is 1.76 bits per heavy atom. The Labute approximate surface area is 165 Å². The average Bonchev–Trinajstić information content (AvgIpc) is 2.52. The number of nitrogens with one attached hydrogen (secondary N) is 2. The molecule has 25 heavy (non-hydrogen) atoms. The van der Waals surface area contributed by atoms with E-state index in [1.807, 2.05) is 0 Å². The highest BCUT2D eigenvalue weighted by Gasteiger charge is 2.36. The zero-order chi connectivity index (χ0) is 19.2. The molecule has 0 saturated heterocycles. The van der Waals surface area contributed by atoms with Crippen LogP contribution in [0.5, 0.6) is 0 Å². The predicted molar refractivity (Wildman–Crippen MR) is 101 cm³/mol. The van der Waals surface area contributed by atoms with E-state index >= 15 is 0 Å². The monoisotopic (exact) mass is 427 g/mol. The molecule has 3 N–H and O–H groups in total. The number of benzene rings is 1. The Bertz CT molecular complexity index is 637. The zero-order valence-electron chi connectivity index (χ0n) is 13.0. The van der Waals surface area contributed by atoms with Gasteiger partial charge in [-0.05, 0) is 30.7 Å². The van der Waals surface area contributed by atoms with Crippen LogP contribution in [0.25, 0.3) is 0 Å². The van der Waals surface area contributed by atoms with Crippen LogP contribution in [0.15, 0.2) is 24.3 Å². The summed E-state index contributed by atoms with van der Waals surface area (Å²) in [6.07, 6.45) is -0.494. The number of carbonyl (C=O) groups excluding carboxylic acids is 2. The Kier molecular flexibility index (Phi) is 8.14. The van der Waals surface area contributed by atoms with E-state index in [2.05, 4.69) is 23.4 Å². The summed E-state index contributed by atoms with van der Waals surface area (Å²) in [5.41, 5.74) is 0.339. The Morgan fingerprint density at radius 1 is 1.20 bits per heavy atom. The third kappa shape index (κ3) is 6.81. The number of rotatable bonds is 6. The largest absolute Gasteiger partial charge is 0.478 e. The molecule has 0 radical (unpaired) electrons. The van der Waals surface area contributed by atoms with Crippen LogP contribution in [0.1, 0.15) is 30.1 Å². The number of nitrogens with zero attached hydrogens (tertiary/aromatic N) is 1. The maximum Gasteiger partial charge on any atom is 0.335 e. The van der Waals surface area contributed by atoms with Gasteiger partial charge in [0.25, 0.3) is 0 Å². The number of carboxylic acids is 1. The van der Waals surface area contributed by atoms with Gasteiger partial charge in [-0.2, -0.15) is 0 Å². The molecule has 1 unspecified atom stereocenters. The van der Waals surface area contributed by atoms with Gasteiger partial charge < -0.3 is 15.7 Å². The molecule has 11 heteroatoms. The summed E-state index contributed by atoms with van der Waals surface area (Å²) in [6.45, 7) is 1.80. The van der Waals surface area contributed by atoms with Crippen molar-refractivity contribution in [2.45, 2.75) is 29.7 Å². The number of thiol groups is 1. The zero-order valence-corrected chi connectivity index (χ0v) is 16.2. The van der Waals surface area contributed by atoms with E-state index in [1.54, 1.807) is 6.92 Å². The second-order valence-corrected chi connectivity index (χ2v) is 7.67. The minimum absolute atomic E-state index is 0.0527. The summed E-state index contributed by atoms with van der Waals surface area (Å²) in [7, 11) is 0. The van der Waals surface area contributed by atoms with E-state index < -0.39 is 27.9 Å². The fourth-order valence-electron chi connectivity index (χ4n) is 1.71. The maximum absolute atomic E-state index is 12.3. The van der Waals surface area contributed by atoms with Crippen molar-refractivity contribution in [1.82, 2.24) is 10.6 Å². The lowest BCUT2D eigenvalue weighted by molar-refractivity contribution is -0.121. The fraction of sp³-hybridized carbons (Fsp3) is 0.357. The van der Waals surface area contributed by atoms with Crippen molar-refractivity contribution in [2.75, 3.05) is 4.31 Å². The van der Waals surface area contributed by atoms with Crippen molar-refractivity contribution in [3.8, 4) is 0 Å². The molecule has 0 saturated carbocycles. The second-order valence-electron chi connectivity index (χ2n) is 4.91. The van der Waals surface area contributed by atoms with Gasteiger partial charge in [-0.1, -0.05) is 54.5 Å². The van der Waals surface area contributed by atoms with Gasteiger partial charge in [-0.3, -0.25) is 4.79 Å². The van der Waals surface area contributed by atoms with E-state index in [0.29, 0.717) is 6.42 Å². The van der Waals surface area contributed by atoms with Crippen LogP contribution in [0.3, 0.4) is 0 Å². The molecular formula is C14H16Cl3N3O4S. The summed E-state index contributed by atoms with van der Waals surface area (Å²) >= 11 is 21.4. The minimum atomic E-state index is -1.99. The second kappa shape index (κ2) is 9.38. The molecule has 0 aliphatic rings. The summed E-state index contributed by atoms with van der Waals surface area (Å²) < 4.78 is -1.10. The third-order valence-corrected chi connectivity index (χ3v) is 4.00. The highest BCUT2D eigenvalue weighted by molar-refractivity contribution is 7.82. The standard InChI is InChI=1S/C14H16Cl3N3O4S/c1-2-3-10(21)18-12(14(15,16)17)19-13(24)20(25)9-6-4-8(5-7-9)11(22)23/h4-7,12,25H,2-3H2,1H3,(H,18,21)(H,19,24)(H,22,23). The number of amides is 3. The summed E-state index contributed by atoms with van der Waals surface area (Å²) in [4.78, 5) is 34.8. The fourth-order valence-corrected chi connectivity index (χ4v) is 2.23. The number of alkyl halides is 3. The molecule has 3 amide bonds. The number of anilines is 1. The normalized spacial score (nSPS) is 12.2. The van der Waals surface area contributed by atoms with Crippen LogP contribution in [-0.2, 0) is 4.79 Å². The van der Waals surface area contributed by atoms with E-state index in [9.17, 15) is 14.4 Å². The van der Waals surface area contributed by atoms with Gasteiger partial charge in [0.2, 0.25) is 9.70 Å². The van der Waals surface area contributed by atoms with Crippen LogP contribution in [0, 0.1) is 0 Å². The molecule has 0 spiro atoms. The van der Waals surface area contributed by atoms with E-state index in [0.717, 1.165) is 4.31 Å². The molecule has 0 aliphatic carbocycles. The number of carboxylic acid groups (broad SMARTS) is 1. The molecule has 0 fully saturated rings. The van der Waals surface area contributed by atoms with Crippen LogP contribution in [0.4, 0.5) is 10.5 Å². The first-order valence-electron chi connectivity index (χ1n) is 7.05. The molecule has 0 aliphatic heterocycles. The van der Waals surface area contributed by atoms with Gasteiger partial charge in [-0.15, -0.1) is 0 Å². The highest BCUT2D eigenvalue weighted by Crippen LogP contribution is 2.29. The van der Waals surface area contributed by atoms with Crippen molar-refractivity contribution < 1.29 is 19.5 Å². The van der Waals surface area contributed by atoms with E-state index in [-0.39, 0.29) is 17.7 Å². The summed E-state index contributed by atoms with van der Waals surface area (Å²) in [5.74, 6) is -1.49. The van der Waals surface area contributed by atoms with Gasteiger partial charge >= 0.3 is 12.0 Å². The molecule has 0 bridgehead atoms. The van der Waals surface area contributed by atoms with Gasteiger partial charge in [0.1, 0.15) is 0 Å². The van der Waals surface area contributed by atoms with Gasteiger partial charge in [0.15, 0.2) is 6.17 Å². The molecular weight excluding hydrogens is 413 g/mol. The van der Waals surface area contributed by atoms with Crippen molar-refractivity contribution >= 4 is 71.2 Å². The molecule has 1 atom stereocenters. The quantitative estimate of drug-likeness (QED) is 0.317. The van der Waals surface area contributed by atoms with Crippen molar-refractivity contribution in [3.05, 3.63) is 29.8 Å². The van der Waals surface area contributed by atoms with E-state index in [1.165, 1.54) is 24.3 Å². The van der Waals surface area contributed by atoms with Crippen LogP contribution >= 0.6 is 47.6 Å². The number of hydrogen-bond donors (Lipinski definition) is 4. The number of urea groups is 1. The molecule has 1 aromatic carbocycles. The Hall–Kier alpha value is -1.35. The molecule has 1 rings (SSSR count). The van der Waals surface area contributed by atoms with Gasteiger partial charge in [-0.25, -0.2) is 13.9 Å². The molecule has 7 nitrogen and oxygen atoms in total. The number of carbonyl (C=O) groups is 3. The van der Waals surface area contributed by atoms with Crippen molar-refractivity contribution in [2.24, 2.45) is 0 Å². The minimum Gasteiger partial charge on any atom is -0.478 e. The van der Waals surface area contributed by atoms with Crippen LogP contribution in [-0.4, -0.2) is 33.0 Å². The lowest BCUT2D eigenvalue weighted by atomic mass is 10.2. The predicted octanol–water partition coefficient (Wildman–Crippen LogP) is 3.36. The highest BCUT2D eigenvalue weighted by atomic mass is 35.6. The Balaban J connectivity index is 2.84. The molecule has 0 aromatic heterocycles. The number of hydrogen-bond acceptors (Lipinski definition) is 4. The van der Waals surface area contributed by atoms with E-state index in [4.69, 9.17) is 39.9 Å². The maximum atomic E-state index is 12.3. The van der Waals surface area contributed by atoms with Crippen LogP contribution in [0.2, 0.25) is 0 Å². The third-order valence-electron chi connectivity index (χ3n) is 2.93. The molecule has 1 aromatic rings. The first-order chi connectivity index (χ1) is 11.6. The average molecular weight is 429 g/mol. The first kappa shape index (κ1) is 21.7. The number of halogens is 3. The topological polar surface area (TPSA) is 98.7 Å². The van der Waals surface area contributed by atoms with Crippen LogP contribution < -0.4 is 14.9 Å². The summed E-state index contributed by atoms with van der Waals surface area (Å²) in [5, 5.41) is 13.6. The van der Waals surface area contributed by atoms with Crippen molar-refractivity contribution in [1.29, 1.82) is 0 Å². The Morgan fingerprint density at radius 3 is 2.20 bits per heavy atom. The SMILES string of the molecule is CCCC(=O)NC(NC(=O)N(S)c1ccc(C(=O)O)cc1)C(Cl)(Cl)Cl. The van der Waals surface area contributed by atoms with Crippen molar-refractivity contribution in [3.63, 3.8) is 0 Å². The lowest BCUT2D eigenvalue weighted by Gasteiger charge is -2.28. The molecule has 138 valence electrons. The number of aromatic carboxylic acids is 1. The smallest absolute Gasteiger partial charge is 0.335 e. The van der Waals surface area contributed by atoms with Gasteiger partial charge in [0.05, 0.1) is 11.3 Å². The summed E-state index contributed by atoms with van der Waals surface area (Å²) in [6, 6.07) is 4.61. The van der Waals surface area contributed by atoms with Gasteiger partial charge in [0, 0.05) is 6.42 Å². The lowest BCUT2D eigenvalue weighted by Crippen LogP contribution is -2.57. The molecule has 0 heterocycles. The first-order valence-corrected chi connectivity index (χ1v) is 8.58.